The molecule has 1 aromatic carbocycles. The van der Waals surface area contributed by atoms with Gasteiger partial charge in [-0.3, -0.25) is 10.1 Å². The number of carbonyl (C=O) groups excluding carboxylic acids is 1. The molecule has 0 unspecified atom stereocenters. The fourth-order valence-electron chi connectivity index (χ4n) is 2.57. The highest BCUT2D eigenvalue weighted by atomic mass is 32.2. The van der Waals surface area contributed by atoms with Gasteiger partial charge in [0.1, 0.15) is 0 Å². The summed E-state index contributed by atoms with van der Waals surface area (Å²) in [7, 11) is -4.14. The number of aromatic nitrogens is 4. The van der Waals surface area contributed by atoms with E-state index in [1.807, 2.05) is 0 Å². The molecule has 1 aliphatic rings. The Labute approximate surface area is 145 Å². The fraction of sp³-hybridized carbons (Fsp3) is 0.385. The topological polar surface area (TPSA) is 121 Å². The molecular weight excluding hydrogens is 377 g/mol. The average molecular weight is 390 g/mol. The van der Waals surface area contributed by atoms with E-state index in [9.17, 15) is 26.4 Å². The summed E-state index contributed by atoms with van der Waals surface area (Å²) in [6.07, 6.45) is -4.42. The zero-order chi connectivity index (χ0) is 18.9. The number of anilines is 1. The second kappa shape index (κ2) is 6.64. The first-order valence-corrected chi connectivity index (χ1v) is 8.84. The first kappa shape index (κ1) is 18.3. The molecule has 3 rings (SSSR count). The van der Waals surface area contributed by atoms with E-state index in [-0.39, 0.29) is 25.5 Å². The van der Waals surface area contributed by atoms with Crippen molar-refractivity contribution in [2.75, 3.05) is 18.4 Å². The molecule has 13 heteroatoms. The van der Waals surface area contributed by atoms with E-state index in [4.69, 9.17) is 0 Å². The summed E-state index contributed by atoms with van der Waals surface area (Å²) < 4.78 is 64.6. The Hall–Kier alpha value is -2.54. The fourth-order valence-corrected chi connectivity index (χ4v) is 4.12. The van der Waals surface area contributed by atoms with Crippen LogP contribution in [0.25, 0.3) is 0 Å². The van der Waals surface area contributed by atoms with E-state index in [0.29, 0.717) is 6.07 Å². The number of sulfonamides is 1. The number of benzene rings is 1. The quantitative estimate of drug-likeness (QED) is 0.799. The largest absolute Gasteiger partial charge is 0.416 e. The number of halogens is 3. The Morgan fingerprint density at radius 1 is 1.35 bits per heavy atom. The molecule has 1 amide bonds. The van der Waals surface area contributed by atoms with Gasteiger partial charge >= 0.3 is 6.18 Å². The van der Waals surface area contributed by atoms with Gasteiger partial charge in [0.15, 0.2) is 0 Å². The van der Waals surface area contributed by atoms with Gasteiger partial charge in [-0.15, -0.1) is 0 Å². The van der Waals surface area contributed by atoms with Crippen molar-refractivity contribution in [2.24, 2.45) is 5.92 Å². The summed E-state index contributed by atoms with van der Waals surface area (Å²) in [6.45, 7) is -0.128. The minimum atomic E-state index is -4.65. The van der Waals surface area contributed by atoms with E-state index in [2.05, 4.69) is 25.9 Å². The molecule has 140 valence electrons. The Morgan fingerprint density at radius 2 is 2.12 bits per heavy atom. The van der Waals surface area contributed by atoms with Gasteiger partial charge in [-0.25, -0.2) is 13.5 Å². The Bertz CT molecular complexity index is 900. The van der Waals surface area contributed by atoms with Gasteiger partial charge in [0.05, 0.1) is 16.4 Å². The number of aromatic amines is 1. The number of hydrogen-bond acceptors (Lipinski definition) is 6. The maximum Gasteiger partial charge on any atom is 0.416 e. The second-order valence-electron chi connectivity index (χ2n) is 5.61. The number of nitrogens with one attached hydrogen (secondary N) is 2. The van der Waals surface area contributed by atoms with Gasteiger partial charge in [0.25, 0.3) is 0 Å². The zero-order valence-electron chi connectivity index (χ0n) is 13.1. The van der Waals surface area contributed by atoms with Gasteiger partial charge in [-0.1, -0.05) is 11.2 Å². The molecule has 26 heavy (non-hydrogen) atoms. The third-order valence-electron chi connectivity index (χ3n) is 3.91. The first-order valence-electron chi connectivity index (χ1n) is 7.40. The summed E-state index contributed by atoms with van der Waals surface area (Å²) in [5.74, 6) is -1.12. The van der Waals surface area contributed by atoms with Crippen molar-refractivity contribution < 1.29 is 26.4 Å². The van der Waals surface area contributed by atoms with Crippen LogP contribution in [0.3, 0.4) is 0 Å². The first-order chi connectivity index (χ1) is 12.2. The molecule has 0 spiro atoms. The summed E-state index contributed by atoms with van der Waals surface area (Å²) in [5.41, 5.74) is -1.05. The predicted molar refractivity (Wildman–Crippen MR) is 81.1 cm³/mol. The molecule has 1 atom stereocenters. The molecule has 1 aliphatic heterocycles. The van der Waals surface area contributed by atoms with Crippen LogP contribution in [0.5, 0.6) is 0 Å². The highest BCUT2D eigenvalue weighted by Gasteiger charge is 2.37. The van der Waals surface area contributed by atoms with E-state index >= 15 is 0 Å². The van der Waals surface area contributed by atoms with Crippen molar-refractivity contribution >= 4 is 21.9 Å². The lowest BCUT2D eigenvalue weighted by Gasteiger charge is -2.17. The van der Waals surface area contributed by atoms with Crippen LogP contribution < -0.4 is 5.32 Å². The van der Waals surface area contributed by atoms with Crippen LogP contribution in [0.2, 0.25) is 0 Å². The van der Waals surface area contributed by atoms with Gasteiger partial charge in [0.2, 0.25) is 21.9 Å². The molecule has 2 aromatic rings. The predicted octanol–water partition coefficient (Wildman–Crippen LogP) is 0.868. The number of rotatable bonds is 4. The van der Waals surface area contributed by atoms with E-state index in [1.165, 1.54) is 0 Å². The lowest BCUT2D eigenvalue weighted by atomic mass is 10.1. The normalized spacial score (nSPS) is 18.8. The lowest BCUT2D eigenvalue weighted by molar-refractivity contribution is -0.137. The van der Waals surface area contributed by atoms with Crippen molar-refractivity contribution in [3.8, 4) is 0 Å². The summed E-state index contributed by atoms with van der Waals surface area (Å²) in [6, 6.07) is 3.51. The molecular formula is C13H13F3N6O3S. The van der Waals surface area contributed by atoms with Crippen LogP contribution in [-0.4, -0.2) is 52.3 Å². The van der Waals surface area contributed by atoms with Gasteiger partial charge in [-0.2, -0.15) is 17.5 Å². The standard InChI is InChI=1S/C13H13F3N6O3S/c14-13(15,16)9-2-1-3-10(6-9)26(24,25)22-5-4-8(7-22)11(23)17-12-18-20-21-19-12/h1-3,6,8H,4-5,7H2,(H2,17,18,19,20,21,23)/t8-/m0/s1. The Morgan fingerprint density at radius 3 is 2.77 bits per heavy atom. The van der Waals surface area contributed by atoms with Crippen molar-refractivity contribution in [1.82, 2.24) is 24.9 Å². The molecule has 0 radical (unpaired) electrons. The van der Waals surface area contributed by atoms with Crippen LogP contribution in [0.1, 0.15) is 12.0 Å². The number of hydrogen-bond donors (Lipinski definition) is 2. The summed E-state index contributed by atoms with van der Waals surface area (Å²) in [4.78, 5) is 11.6. The lowest BCUT2D eigenvalue weighted by Crippen LogP contribution is -2.31. The number of alkyl halides is 3. The van der Waals surface area contributed by atoms with Crippen LogP contribution in [-0.2, 0) is 21.0 Å². The molecule has 0 aliphatic carbocycles. The van der Waals surface area contributed by atoms with Crippen LogP contribution >= 0.6 is 0 Å². The molecule has 1 saturated heterocycles. The third-order valence-corrected chi connectivity index (χ3v) is 5.77. The highest BCUT2D eigenvalue weighted by molar-refractivity contribution is 7.89. The molecule has 0 bridgehead atoms. The van der Waals surface area contributed by atoms with Crippen LogP contribution in [0.4, 0.5) is 19.1 Å². The van der Waals surface area contributed by atoms with Crippen LogP contribution in [0, 0.1) is 5.92 Å². The number of nitrogens with zero attached hydrogens (tertiary/aromatic N) is 4. The van der Waals surface area contributed by atoms with Gasteiger partial charge in [0, 0.05) is 13.1 Å². The molecule has 1 fully saturated rings. The van der Waals surface area contributed by atoms with Crippen molar-refractivity contribution in [1.29, 1.82) is 0 Å². The Balaban J connectivity index is 1.74. The smallest absolute Gasteiger partial charge is 0.293 e. The number of carbonyl (C=O) groups is 1. The second-order valence-corrected chi connectivity index (χ2v) is 7.55. The van der Waals surface area contributed by atoms with Crippen LogP contribution in [0.15, 0.2) is 29.2 Å². The summed E-state index contributed by atoms with van der Waals surface area (Å²) >= 11 is 0. The molecule has 9 nitrogen and oxygen atoms in total. The monoisotopic (exact) mass is 390 g/mol. The third kappa shape index (κ3) is 3.67. The molecule has 2 heterocycles. The molecule has 1 aromatic heterocycles. The minimum Gasteiger partial charge on any atom is -0.293 e. The average Bonchev–Trinajstić information content (AvgIpc) is 3.26. The van der Waals surface area contributed by atoms with Crippen molar-refractivity contribution in [3.05, 3.63) is 29.8 Å². The maximum atomic E-state index is 12.8. The minimum absolute atomic E-state index is 0.0192. The maximum absolute atomic E-state index is 12.8. The van der Waals surface area contributed by atoms with Crippen molar-refractivity contribution in [3.63, 3.8) is 0 Å². The number of amides is 1. The Kier molecular flexibility index (Phi) is 4.66. The van der Waals surface area contributed by atoms with E-state index < -0.39 is 38.5 Å². The zero-order valence-corrected chi connectivity index (χ0v) is 13.9. The molecule has 2 N–H and O–H groups in total. The van der Waals surface area contributed by atoms with E-state index in [1.54, 1.807) is 0 Å². The summed E-state index contributed by atoms with van der Waals surface area (Å²) in [5, 5.41) is 14.8. The van der Waals surface area contributed by atoms with Crippen molar-refractivity contribution in [2.45, 2.75) is 17.5 Å². The SMILES string of the molecule is O=C(Nc1nnn[nH]1)[C@H]1CCN(S(=O)(=O)c2cccc(C(F)(F)F)c2)C1. The molecule has 0 saturated carbocycles. The number of tetrazole rings is 1. The van der Waals surface area contributed by atoms with Gasteiger partial charge < -0.3 is 0 Å². The number of H-pyrrole nitrogens is 1. The van der Waals surface area contributed by atoms with E-state index in [0.717, 1.165) is 22.5 Å². The van der Waals surface area contributed by atoms with Gasteiger partial charge in [-0.05, 0) is 35.0 Å². The highest BCUT2D eigenvalue weighted by Crippen LogP contribution is 2.32.